The zero-order valence-corrected chi connectivity index (χ0v) is 8.37. The fourth-order valence-electron chi connectivity index (χ4n) is 0.823. The highest BCUT2D eigenvalue weighted by molar-refractivity contribution is 6.32. The highest BCUT2D eigenvalue weighted by atomic mass is 35.5. The van der Waals surface area contributed by atoms with Crippen molar-refractivity contribution in [3.8, 4) is 5.75 Å². The molecule has 1 aromatic carbocycles. The van der Waals surface area contributed by atoms with E-state index in [0.29, 0.717) is 5.56 Å². The van der Waals surface area contributed by atoms with E-state index in [-0.39, 0.29) is 5.02 Å². The molecule has 0 saturated heterocycles. The van der Waals surface area contributed by atoms with Crippen molar-refractivity contribution in [3.05, 3.63) is 35.7 Å². The van der Waals surface area contributed by atoms with Gasteiger partial charge in [0, 0.05) is 0 Å². The normalized spacial score (nSPS) is 12.7. The van der Waals surface area contributed by atoms with Crippen LogP contribution in [0.2, 0.25) is 5.02 Å². The van der Waals surface area contributed by atoms with Gasteiger partial charge in [0.2, 0.25) is 0 Å². The summed E-state index contributed by atoms with van der Waals surface area (Å²) in [6.45, 7) is 3.42. The predicted molar refractivity (Wildman–Crippen MR) is 47.5 cm³/mol. The van der Waals surface area contributed by atoms with Crippen molar-refractivity contribution < 1.29 is 26.7 Å². The molecule has 0 aliphatic carbocycles. The number of rotatable bonds is 2. The van der Waals surface area contributed by atoms with E-state index in [9.17, 15) is 22.0 Å². The maximum absolute atomic E-state index is 12.5. The van der Waals surface area contributed by atoms with Gasteiger partial charge in [0.15, 0.2) is 0 Å². The standard InChI is InChI=1S/C9H5ClF5O/c1-5-2-3-7(6(10)4-5)16-9(14,15)8(11,12)13/h2-4H,1H2. The van der Waals surface area contributed by atoms with E-state index in [2.05, 4.69) is 11.7 Å². The van der Waals surface area contributed by atoms with Crippen LogP contribution < -0.4 is 4.74 Å². The van der Waals surface area contributed by atoms with Crippen LogP contribution in [0.4, 0.5) is 22.0 Å². The van der Waals surface area contributed by atoms with Gasteiger partial charge in [-0.05, 0) is 24.6 Å². The largest absolute Gasteiger partial charge is 0.499 e. The number of halogens is 6. The maximum atomic E-state index is 12.5. The lowest BCUT2D eigenvalue weighted by molar-refractivity contribution is -0.360. The first-order chi connectivity index (χ1) is 7.13. The van der Waals surface area contributed by atoms with Gasteiger partial charge in [0.25, 0.3) is 0 Å². The van der Waals surface area contributed by atoms with Crippen molar-refractivity contribution >= 4 is 11.6 Å². The van der Waals surface area contributed by atoms with Crippen LogP contribution in [-0.2, 0) is 0 Å². The van der Waals surface area contributed by atoms with Gasteiger partial charge in [-0.2, -0.15) is 22.0 Å². The lowest BCUT2D eigenvalue weighted by Crippen LogP contribution is -2.41. The average molecular weight is 260 g/mol. The summed E-state index contributed by atoms with van der Waals surface area (Å²) < 4.78 is 63.9. The molecular weight excluding hydrogens is 255 g/mol. The van der Waals surface area contributed by atoms with Crippen LogP contribution in [-0.4, -0.2) is 12.3 Å². The Hall–Kier alpha value is -1.04. The highest BCUT2D eigenvalue weighted by Gasteiger charge is 2.61. The third-order valence-electron chi connectivity index (χ3n) is 1.56. The molecule has 16 heavy (non-hydrogen) atoms. The van der Waals surface area contributed by atoms with Gasteiger partial charge < -0.3 is 4.74 Å². The molecule has 0 aliphatic rings. The molecule has 0 unspecified atom stereocenters. The Morgan fingerprint density at radius 2 is 1.69 bits per heavy atom. The molecule has 0 spiro atoms. The highest BCUT2D eigenvalue weighted by Crippen LogP contribution is 2.39. The SMILES string of the molecule is [CH2]c1ccc(OC(F)(F)C(F)(F)F)c(Cl)c1. The van der Waals surface area contributed by atoms with Gasteiger partial charge >= 0.3 is 12.3 Å². The zero-order valence-electron chi connectivity index (χ0n) is 7.62. The Labute approximate surface area is 92.8 Å². The van der Waals surface area contributed by atoms with Gasteiger partial charge in [-0.3, -0.25) is 0 Å². The van der Waals surface area contributed by atoms with Crippen molar-refractivity contribution in [2.24, 2.45) is 0 Å². The van der Waals surface area contributed by atoms with Crippen molar-refractivity contribution in [2.75, 3.05) is 0 Å². The summed E-state index contributed by atoms with van der Waals surface area (Å²) in [6.07, 6.45) is -11.1. The third kappa shape index (κ3) is 2.75. The lowest BCUT2D eigenvalue weighted by atomic mass is 10.2. The van der Waals surface area contributed by atoms with E-state index in [1.54, 1.807) is 0 Å². The van der Waals surface area contributed by atoms with Gasteiger partial charge in [-0.25, -0.2) is 0 Å². The molecule has 89 valence electrons. The molecule has 0 amide bonds. The summed E-state index contributed by atoms with van der Waals surface area (Å²) in [7, 11) is 0. The minimum Gasteiger partial charge on any atom is -0.424 e. The van der Waals surface area contributed by atoms with Crippen LogP contribution in [0.1, 0.15) is 5.56 Å². The van der Waals surface area contributed by atoms with Crippen LogP contribution in [0.25, 0.3) is 0 Å². The molecule has 0 aromatic heterocycles. The van der Waals surface area contributed by atoms with E-state index in [1.807, 2.05) is 0 Å². The van der Waals surface area contributed by atoms with E-state index in [4.69, 9.17) is 11.6 Å². The number of hydrogen-bond acceptors (Lipinski definition) is 1. The molecule has 0 heterocycles. The second-order valence-corrected chi connectivity index (χ2v) is 3.29. The molecule has 1 rings (SSSR count). The van der Waals surface area contributed by atoms with Crippen molar-refractivity contribution in [2.45, 2.75) is 12.3 Å². The minimum atomic E-state index is -5.79. The van der Waals surface area contributed by atoms with Crippen LogP contribution in [0.5, 0.6) is 5.75 Å². The molecular formula is C9H5ClF5O. The Kier molecular flexibility index (Phi) is 3.33. The lowest BCUT2D eigenvalue weighted by Gasteiger charge is -2.20. The fraction of sp³-hybridized carbons (Fsp3) is 0.222. The van der Waals surface area contributed by atoms with Gasteiger partial charge in [-0.1, -0.05) is 17.7 Å². The van der Waals surface area contributed by atoms with E-state index < -0.39 is 18.0 Å². The summed E-state index contributed by atoms with van der Waals surface area (Å²) in [5, 5.41) is -0.364. The maximum Gasteiger partial charge on any atom is 0.499 e. The minimum absolute atomic E-state index is 0.364. The monoisotopic (exact) mass is 259 g/mol. The summed E-state index contributed by atoms with van der Waals surface area (Å²) in [5.74, 6) is -0.753. The number of hydrogen-bond donors (Lipinski definition) is 0. The summed E-state index contributed by atoms with van der Waals surface area (Å²) in [6, 6.07) is 3.21. The van der Waals surface area contributed by atoms with Crippen molar-refractivity contribution in [1.29, 1.82) is 0 Å². The van der Waals surface area contributed by atoms with Crippen LogP contribution in [0, 0.1) is 6.92 Å². The third-order valence-corrected chi connectivity index (χ3v) is 1.86. The smallest absolute Gasteiger partial charge is 0.424 e. The molecule has 1 nitrogen and oxygen atoms in total. The molecule has 0 bridgehead atoms. The Morgan fingerprint density at radius 3 is 2.12 bits per heavy atom. The van der Waals surface area contributed by atoms with Crippen molar-refractivity contribution in [3.63, 3.8) is 0 Å². The summed E-state index contributed by atoms with van der Waals surface area (Å²) >= 11 is 5.42. The molecule has 1 radical (unpaired) electrons. The average Bonchev–Trinajstić information content (AvgIpc) is 2.08. The van der Waals surface area contributed by atoms with E-state index >= 15 is 0 Å². The van der Waals surface area contributed by atoms with Crippen LogP contribution >= 0.6 is 11.6 Å². The first kappa shape index (κ1) is 13.0. The van der Waals surface area contributed by atoms with E-state index in [1.165, 1.54) is 6.07 Å². The quantitative estimate of drug-likeness (QED) is 0.728. The van der Waals surface area contributed by atoms with Crippen molar-refractivity contribution in [1.82, 2.24) is 0 Å². The second kappa shape index (κ2) is 4.08. The summed E-state index contributed by atoms with van der Waals surface area (Å²) in [5.41, 5.74) is 0.368. The van der Waals surface area contributed by atoms with Crippen LogP contribution in [0.15, 0.2) is 18.2 Å². The number of ether oxygens (including phenoxy) is 1. The van der Waals surface area contributed by atoms with Gasteiger partial charge in [-0.15, -0.1) is 0 Å². The molecule has 0 saturated carbocycles. The zero-order chi connectivity index (χ0) is 12.6. The van der Waals surface area contributed by atoms with Gasteiger partial charge in [0.1, 0.15) is 5.75 Å². The number of benzene rings is 1. The molecule has 7 heteroatoms. The molecule has 0 aliphatic heterocycles. The first-order valence-corrected chi connectivity index (χ1v) is 4.26. The van der Waals surface area contributed by atoms with E-state index in [0.717, 1.165) is 12.1 Å². The van der Waals surface area contributed by atoms with Gasteiger partial charge in [0.05, 0.1) is 5.02 Å². The van der Waals surface area contributed by atoms with Crippen LogP contribution in [0.3, 0.4) is 0 Å². The Balaban J connectivity index is 2.97. The predicted octanol–water partition coefficient (Wildman–Crippen LogP) is 4.06. The number of alkyl halides is 5. The molecule has 0 fully saturated rings. The fourth-order valence-corrected chi connectivity index (χ4v) is 1.06. The molecule has 0 atom stereocenters. The molecule has 0 N–H and O–H groups in total. The Morgan fingerprint density at radius 1 is 1.12 bits per heavy atom. The Bertz CT molecular complexity index is 388. The molecule has 1 aromatic rings. The summed E-state index contributed by atoms with van der Waals surface area (Å²) in [4.78, 5) is 0. The second-order valence-electron chi connectivity index (χ2n) is 2.88. The first-order valence-electron chi connectivity index (χ1n) is 3.88. The topological polar surface area (TPSA) is 9.23 Å².